The predicted molar refractivity (Wildman–Crippen MR) is 80.0 cm³/mol. The van der Waals surface area contributed by atoms with E-state index in [2.05, 4.69) is 17.1 Å². The average molecular weight is 269 g/mol. The van der Waals surface area contributed by atoms with E-state index in [0.29, 0.717) is 6.04 Å². The van der Waals surface area contributed by atoms with E-state index < -0.39 is 5.54 Å². The molecule has 1 fully saturated rings. The Morgan fingerprint density at radius 1 is 1.42 bits per heavy atom. The number of amides is 1. The van der Waals surface area contributed by atoms with Gasteiger partial charge in [-0.25, -0.2) is 0 Å². The van der Waals surface area contributed by atoms with Gasteiger partial charge in [-0.3, -0.25) is 4.79 Å². The van der Waals surface area contributed by atoms with Gasteiger partial charge in [0, 0.05) is 12.6 Å². The molecule has 4 heteroatoms. The molecule has 0 spiro atoms. The number of piperidine rings is 1. The summed E-state index contributed by atoms with van der Waals surface area (Å²) in [7, 11) is 0. The molecule has 4 nitrogen and oxygen atoms in total. The normalized spacial score (nSPS) is 24.1. The minimum absolute atomic E-state index is 0.238. The highest BCUT2D eigenvalue weighted by molar-refractivity contribution is 5.84. The smallest absolute Gasteiger partial charge is 0.237 e. The number of nitrogens with zero attached hydrogens (tertiary/aromatic N) is 1. The zero-order valence-corrected chi connectivity index (χ0v) is 12.9. The highest BCUT2D eigenvalue weighted by Crippen LogP contribution is 2.22. The Hall–Kier alpha value is -0.610. The number of carbonyl (C=O) groups excluding carboxylic acids is 1. The molecule has 19 heavy (non-hydrogen) atoms. The largest absolute Gasteiger partial charge is 0.368 e. The van der Waals surface area contributed by atoms with Crippen molar-refractivity contribution in [2.45, 2.75) is 70.9 Å². The number of nitrogens with one attached hydrogen (secondary N) is 1. The number of nitrogens with two attached hydrogens (primary N) is 1. The quantitative estimate of drug-likeness (QED) is 0.707. The molecule has 0 aliphatic carbocycles. The number of hydrogen-bond donors (Lipinski definition) is 2. The summed E-state index contributed by atoms with van der Waals surface area (Å²) in [5, 5.41) is 3.24. The fourth-order valence-corrected chi connectivity index (χ4v) is 3.07. The molecule has 0 aromatic carbocycles. The second-order valence-electron chi connectivity index (χ2n) is 5.95. The summed E-state index contributed by atoms with van der Waals surface area (Å²) in [5.74, 6) is -0.238. The molecule has 2 unspecified atom stereocenters. The van der Waals surface area contributed by atoms with Crippen molar-refractivity contribution in [3.05, 3.63) is 0 Å². The Morgan fingerprint density at radius 3 is 2.74 bits per heavy atom. The molecule has 1 amide bonds. The first-order valence-electron chi connectivity index (χ1n) is 7.82. The van der Waals surface area contributed by atoms with Gasteiger partial charge in [0.1, 0.15) is 0 Å². The number of primary amides is 1. The predicted octanol–water partition coefficient (Wildman–Crippen LogP) is 1.88. The van der Waals surface area contributed by atoms with E-state index in [1.54, 1.807) is 0 Å². The molecule has 3 N–H and O–H groups in total. The Bertz CT molecular complexity index is 281. The topological polar surface area (TPSA) is 58.4 Å². The Kier molecular flexibility index (Phi) is 6.80. The highest BCUT2D eigenvalue weighted by Gasteiger charge is 2.31. The first kappa shape index (κ1) is 16.4. The molecule has 1 rings (SSSR count). The van der Waals surface area contributed by atoms with Crippen LogP contribution in [0.2, 0.25) is 0 Å². The van der Waals surface area contributed by atoms with Crippen molar-refractivity contribution in [3.8, 4) is 0 Å². The second kappa shape index (κ2) is 7.85. The monoisotopic (exact) mass is 269 g/mol. The van der Waals surface area contributed by atoms with Gasteiger partial charge < -0.3 is 16.0 Å². The van der Waals surface area contributed by atoms with Crippen LogP contribution in [0, 0.1) is 0 Å². The highest BCUT2D eigenvalue weighted by atomic mass is 16.1. The summed E-state index contributed by atoms with van der Waals surface area (Å²) in [4.78, 5) is 14.2. The molecule has 112 valence electrons. The van der Waals surface area contributed by atoms with Crippen LogP contribution in [0.15, 0.2) is 0 Å². The fourth-order valence-electron chi connectivity index (χ4n) is 3.07. The van der Waals surface area contributed by atoms with E-state index in [0.717, 1.165) is 19.5 Å². The molecule has 2 atom stereocenters. The minimum atomic E-state index is -0.567. The fraction of sp³-hybridized carbons (Fsp3) is 0.933. The maximum Gasteiger partial charge on any atom is 0.237 e. The van der Waals surface area contributed by atoms with Gasteiger partial charge in [0.2, 0.25) is 5.91 Å². The van der Waals surface area contributed by atoms with E-state index in [1.165, 1.54) is 38.6 Å². The number of carbonyl (C=O) groups is 1. The molecule has 1 aliphatic heterocycles. The molecule has 1 heterocycles. The summed E-state index contributed by atoms with van der Waals surface area (Å²) >= 11 is 0. The molecular formula is C15H31N3O. The van der Waals surface area contributed by atoms with Crippen molar-refractivity contribution in [2.24, 2.45) is 5.73 Å². The lowest BCUT2D eigenvalue weighted by Crippen LogP contribution is -2.55. The van der Waals surface area contributed by atoms with E-state index in [9.17, 15) is 4.79 Å². The lowest BCUT2D eigenvalue weighted by atomic mass is 9.93. The molecule has 0 saturated carbocycles. The third-order valence-corrected chi connectivity index (χ3v) is 4.38. The number of hydrogen-bond acceptors (Lipinski definition) is 3. The average Bonchev–Trinajstić information content (AvgIpc) is 2.38. The zero-order valence-electron chi connectivity index (χ0n) is 12.9. The van der Waals surface area contributed by atoms with E-state index in [4.69, 9.17) is 5.73 Å². The van der Waals surface area contributed by atoms with Gasteiger partial charge in [-0.1, -0.05) is 26.7 Å². The van der Waals surface area contributed by atoms with Gasteiger partial charge in [-0.15, -0.1) is 0 Å². The van der Waals surface area contributed by atoms with Crippen molar-refractivity contribution in [1.29, 1.82) is 0 Å². The minimum Gasteiger partial charge on any atom is -0.368 e. The van der Waals surface area contributed by atoms with Gasteiger partial charge in [0.25, 0.3) is 0 Å². The number of likely N-dealkylation sites (N-methyl/N-ethyl adjacent to an activating group) is 1. The van der Waals surface area contributed by atoms with E-state index >= 15 is 0 Å². The van der Waals surface area contributed by atoms with Gasteiger partial charge >= 0.3 is 0 Å². The Balaban J connectivity index is 2.54. The van der Waals surface area contributed by atoms with Crippen molar-refractivity contribution in [3.63, 3.8) is 0 Å². The van der Waals surface area contributed by atoms with Crippen LogP contribution in [0.4, 0.5) is 0 Å². The van der Waals surface area contributed by atoms with Crippen LogP contribution in [-0.2, 0) is 4.79 Å². The SMILES string of the molecule is CCCC1CCCCN1CCC(C)(NCC)C(N)=O. The summed E-state index contributed by atoms with van der Waals surface area (Å²) in [6.45, 7) is 9.11. The van der Waals surface area contributed by atoms with Crippen LogP contribution in [-0.4, -0.2) is 42.0 Å². The van der Waals surface area contributed by atoms with Crippen LogP contribution in [0.3, 0.4) is 0 Å². The molecule has 1 saturated heterocycles. The molecule has 0 aromatic rings. The van der Waals surface area contributed by atoms with Gasteiger partial charge in [-0.05, 0) is 45.7 Å². The molecule has 1 aliphatic rings. The van der Waals surface area contributed by atoms with Crippen LogP contribution in [0.1, 0.15) is 59.3 Å². The van der Waals surface area contributed by atoms with Crippen LogP contribution in [0.25, 0.3) is 0 Å². The van der Waals surface area contributed by atoms with Crippen molar-refractivity contribution in [2.75, 3.05) is 19.6 Å². The molecule has 0 bridgehead atoms. The van der Waals surface area contributed by atoms with Crippen molar-refractivity contribution >= 4 is 5.91 Å². The lowest BCUT2D eigenvalue weighted by Gasteiger charge is -2.38. The summed E-state index contributed by atoms with van der Waals surface area (Å²) < 4.78 is 0. The van der Waals surface area contributed by atoms with Crippen LogP contribution < -0.4 is 11.1 Å². The Morgan fingerprint density at radius 2 is 2.16 bits per heavy atom. The second-order valence-corrected chi connectivity index (χ2v) is 5.95. The van der Waals surface area contributed by atoms with Crippen LogP contribution in [0.5, 0.6) is 0 Å². The summed E-state index contributed by atoms with van der Waals surface area (Å²) in [6, 6.07) is 0.706. The van der Waals surface area contributed by atoms with Crippen molar-refractivity contribution < 1.29 is 4.79 Å². The zero-order chi connectivity index (χ0) is 14.3. The van der Waals surface area contributed by atoms with Gasteiger partial charge in [-0.2, -0.15) is 0 Å². The summed E-state index contributed by atoms with van der Waals surface area (Å²) in [5.41, 5.74) is 4.98. The maximum absolute atomic E-state index is 11.6. The van der Waals surface area contributed by atoms with E-state index in [-0.39, 0.29) is 5.91 Å². The van der Waals surface area contributed by atoms with Crippen molar-refractivity contribution in [1.82, 2.24) is 10.2 Å². The van der Waals surface area contributed by atoms with Gasteiger partial charge in [0.15, 0.2) is 0 Å². The third kappa shape index (κ3) is 4.77. The van der Waals surface area contributed by atoms with Crippen LogP contribution >= 0.6 is 0 Å². The maximum atomic E-state index is 11.6. The third-order valence-electron chi connectivity index (χ3n) is 4.38. The standard InChI is InChI=1S/C15H31N3O/c1-4-8-13-9-6-7-11-18(13)12-10-15(3,14(16)19)17-5-2/h13,17H,4-12H2,1-3H3,(H2,16,19). The number of likely N-dealkylation sites (tertiary alicyclic amines) is 1. The lowest BCUT2D eigenvalue weighted by molar-refractivity contribution is -0.124. The van der Waals surface area contributed by atoms with Gasteiger partial charge in [0.05, 0.1) is 5.54 Å². The number of rotatable bonds is 8. The van der Waals surface area contributed by atoms with E-state index in [1.807, 2.05) is 13.8 Å². The summed E-state index contributed by atoms with van der Waals surface area (Å²) in [6.07, 6.45) is 7.25. The first-order chi connectivity index (χ1) is 9.03. The first-order valence-corrected chi connectivity index (χ1v) is 7.82. The molecule has 0 radical (unpaired) electrons. The Labute approximate surface area is 118 Å². The molecule has 0 aromatic heterocycles. The molecular weight excluding hydrogens is 238 g/mol.